The third-order valence-electron chi connectivity index (χ3n) is 4.68. The third kappa shape index (κ3) is 3.00. The number of rotatable bonds is 3. The predicted molar refractivity (Wildman–Crippen MR) is 113 cm³/mol. The molecule has 3 aromatic rings. The molecule has 0 aliphatic carbocycles. The molecule has 132 valence electrons. The van der Waals surface area contributed by atoms with Crippen molar-refractivity contribution < 1.29 is 4.39 Å². The summed E-state index contributed by atoms with van der Waals surface area (Å²) in [6.45, 7) is 4.24. The van der Waals surface area contributed by atoms with Crippen LogP contribution < -0.4 is 4.90 Å². The van der Waals surface area contributed by atoms with Gasteiger partial charge in [0.2, 0.25) is 0 Å². The van der Waals surface area contributed by atoms with Crippen LogP contribution in [0.4, 0.5) is 10.1 Å². The Hall–Kier alpha value is -2.28. The average molecular weight is 459 g/mol. The lowest BCUT2D eigenvalue weighted by Crippen LogP contribution is -2.29. The van der Waals surface area contributed by atoms with Gasteiger partial charge in [0, 0.05) is 38.7 Å². The van der Waals surface area contributed by atoms with Gasteiger partial charge >= 0.3 is 0 Å². The molecule has 0 saturated carbocycles. The molecule has 0 spiro atoms. The number of nitrogens with zero attached hydrogens (tertiary/aromatic N) is 2. The first kappa shape index (κ1) is 17.1. The summed E-state index contributed by atoms with van der Waals surface area (Å²) < 4.78 is 16.9. The van der Waals surface area contributed by atoms with Crippen LogP contribution in [0.25, 0.3) is 5.70 Å². The lowest BCUT2D eigenvalue weighted by atomic mass is 10.0. The molecule has 1 N–H and O–H groups in total. The molecule has 0 fully saturated rings. The first-order valence-corrected chi connectivity index (χ1v) is 9.54. The Kier molecular flexibility index (Phi) is 4.48. The van der Waals surface area contributed by atoms with Crippen molar-refractivity contribution in [3.05, 3.63) is 93.5 Å². The fourth-order valence-corrected chi connectivity index (χ4v) is 4.15. The number of halogens is 2. The Morgan fingerprint density at radius 1 is 1.00 bits per heavy atom. The highest BCUT2D eigenvalue weighted by Gasteiger charge is 2.30. The molecule has 5 heteroatoms. The highest BCUT2D eigenvalue weighted by Crippen LogP contribution is 2.41. The standard InChI is InChI=1S/C21H19FIN3/c1-14-5-6-15(2)26(14)20-12-17(23)13-25(18-9-7-16(22)8-10-18)21(20)19-4-3-11-24-19/h3-13,21,24H,1-2H3. The van der Waals surface area contributed by atoms with Crippen molar-refractivity contribution >= 4 is 34.0 Å². The summed E-state index contributed by atoms with van der Waals surface area (Å²) in [7, 11) is 0. The Labute approximate surface area is 166 Å². The van der Waals surface area contributed by atoms with Gasteiger partial charge in [-0.2, -0.15) is 0 Å². The quantitative estimate of drug-likeness (QED) is 0.481. The van der Waals surface area contributed by atoms with Crippen LogP contribution in [0.1, 0.15) is 23.1 Å². The molecule has 0 radical (unpaired) electrons. The molecule has 3 heterocycles. The molecule has 1 aliphatic heterocycles. The van der Waals surface area contributed by atoms with Crippen LogP contribution in [-0.2, 0) is 0 Å². The summed E-state index contributed by atoms with van der Waals surface area (Å²) in [5.74, 6) is -0.228. The SMILES string of the molecule is Cc1ccc(C)n1C1=CC(I)=CN(c2ccc(F)cc2)C1c1ccc[nH]1. The number of benzene rings is 1. The lowest BCUT2D eigenvalue weighted by Gasteiger charge is -2.36. The number of aromatic nitrogens is 2. The molecular weight excluding hydrogens is 440 g/mol. The van der Waals surface area contributed by atoms with Gasteiger partial charge in [-0.15, -0.1) is 0 Å². The van der Waals surface area contributed by atoms with Crippen LogP contribution in [0.15, 0.2) is 70.6 Å². The van der Waals surface area contributed by atoms with E-state index in [4.69, 9.17) is 0 Å². The van der Waals surface area contributed by atoms with Gasteiger partial charge in [0.25, 0.3) is 0 Å². The summed E-state index contributed by atoms with van der Waals surface area (Å²) in [6, 6.07) is 15.0. The second kappa shape index (κ2) is 6.79. The number of H-pyrrole nitrogens is 1. The van der Waals surface area contributed by atoms with Gasteiger partial charge in [-0.05, 0) is 91.0 Å². The maximum atomic E-state index is 13.4. The molecule has 4 rings (SSSR count). The Morgan fingerprint density at radius 3 is 2.31 bits per heavy atom. The minimum absolute atomic E-state index is 0.0289. The molecule has 0 bridgehead atoms. The first-order chi connectivity index (χ1) is 12.5. The summed E-state index contributed by atoms with van der Waals surface area (Å²) in [4.78, 5) is 5.56. The van der Waals surface area contributed by atoms with Crippen LogP contribution in [0.3, 0.4) is 0 Å². The van der Waals surface area contributed by atoms with E-state index in [1.165, 1.54) is 29.2 Å². The van der Waals surface area contributed by atoms with Gasteiger partial charge in [-0.1, -0.05) is 0 Å². The molecule has 2 aromatic heterocycles. The molecule has 0 amide bonds. The van der Waals surface area contributed by atoms with E-state index in [-0.39, 0.29) is 11.9 Å². The van der Waals surface area contributed by atoms with Crippen LogP contribution in [0, 0.1) is 19.7 Å². The molecule has 1 aromatic carbocycles. The predicted octanol–water partition coefficient (Wildman–Crippen LogP) is 5.95. The maximum Gasteiger partial charge on any atom is 0.123 e. The molecule has 0 saturated heterocycles. The van der Waals surface area contributed by atoms with Crippen molar-refractivity contribution in [2.75, 3.05) is 4.90 Å². The van der Waals surface area contributed by atoms with Gasteiger partial charge in [0.05, 0.1) is 5.70 Å². The van der Waals surface area contributed by atoms with Gasteiger partial charge in [0.1, 0.15) is 11.9 Å². The van der Waals surface area contributed by atoms with Crippen molar-refractivity contribution in [1.82, 2.24) is 9.55 Å². The summed E-state index contributed by atoms with van der Waals surface area (Å²) in [5, 5.41) is 0. The average Bonchev–Trinajstić information content (AvgIpc) is 3.25. The molecular formula is C21H19FIN3. The van der Waals surface area contributed by atoms with Crippen LogP contribution >= 0.6 is 22.6 Å². The number of hydrogen-bond acceptors (Lipinski definition) is 1. The number of allylic oxidation sites excluding steroid dienone is 2. The molecule has 1 atom stereocenters. The summed E-state index contributed by atoms with van der Waals surface area (Å²) >= 11 is 2.34. The zero-order valence-corrected chi connectivity index (χ0v) is 16.7. The van der Waals surface area contributed by atoms with E-state index in [2.05, 4.69) is 81.4 Å². The second-order valence-electron chi connectivity index (χ2n) is 6.45. The number of anilines is 1. The zero-order chi connectivity index (χ0) is 18.3. The van der Waals surface area contributed by atoms with Crippen molar-refractivity contribution in [3.63, 3.8) is 0 Å². The first-order valence-electron chi connectivity index (χ1n) is 8.46. The van der Waals surface area contributed by atoms with Crippen molar-refractivity contribution in [3.8, 4) is 0 Å². The Morgan fingerprint density at radius 2 is 1.69 bits per heavy atom. The van der Waals surface area contributed by atoms with Crippen molar-refractivity contribution in [2.24, 2.45) is 0 Å². The highest BCUT2D eigenvalue weighted by atomic mass is 127. The van der Waals surface area contributed by atoms with Gasteiger partial charge in [-0.3, -0.25) is 0 Å². The molecule has 26 heavy (non-hydrogen) atoms. The van der Waals surface area contributed by atoms with E-state index in [1.807, 2.05) is 24.4 Å². The maximum absolute atomic E-state index is 13.4. The normalized spacial score (nSPS) is 17.2. The fraction of sp³-hybridized carbons (Fsp3) is 0.143. The largest absolute Gasteiger partial charge is 0.363 e. The van der Waals surface area contributed by atoms with E-state index in [9.17, 15) is 4.39 Å². The number of aryl methyl sites for hydroxylation is 2. The van der Waals surface area contributed by atoms with Gasteiger partial charge < -0.3 is 14.5 Å². The monoisotopic (exact) mass is 459 g/mol. The fourth-order valence-electron chi connectivity index (χ4n) is 3.53. The highest BCUT2D eigenvalue weighted by molar-refractivity contribution is 14.1. The Bertz CT molecular complexity index is 961. The van der Waals surface area contributed by atoms with Crippen molar-refractivity contribution in [1.29, 1.82) is 0 Å². The summed E-state index contributed by atoms with van der Waals surface area (Å²) in [6.07, 6.45) is 6.26. The smallest absolute Gasteiger partial charge is 0.123 e. The van der Waals surface area contributed by atoms with Gasteiger partial charge in [-0.25, -0.2) is 4.39 Å². The van der Waals surface area contributed by atoms with E-state index in [0.717, 1.165) is 15.0 Å². The van der Waals surface area contributed by atoms with Crippen LogP contribution in [0.2, 0.25) is 0 Å². The van der Waals surface area contributed by atoms with Gasteiger partial charge in [0.15, 0.2) is 0 Å². The minimum Gasteiger partial charge on any atom is -0.363 e. The lowest BCUT2D eigenvalue weighted by molar-refractivity contribution is 0.627. The Balaban J connectivity index is 1.90. The minimum atomic E-state index is -0.228. The molecule has 3 nitrogen and oxygen atoms in total. The van der Waals surface area contributed by atoms with Crippen LogP contribution in [0.5, 0.6) is 0 Å². The van der Waals surface area contributed by atoms with Crippen LogP contribution in [-0.4, -0.2) is 9.55 Å². The summed E-state index contributed by atoms with van der Waals surface area (Å²) in [5.41, 5.74) is 5.59. The van der Waals surface area contributed by atoms with E-state index >= 15 is 0 Å². The zero-order valence-electron chi connectivity index (χ0n) is 14.6. The third-order valence-corrected chi connectivity index (χ3v) is 5.27. The number of aromatic amines is 1. The molecule has 1 aliphatic rings. The van der Waals surface area contributed by atoms with E-state index in [0.29, 0.717) is 0 Å². The molecule has 1 unspecified atom stereocenters. The number of hydrogen-bond donors (Lipinski definition) is 1. The second-order valence-corrected chi connectivity index (χ2v) is 7.69. The number of nitrogens with one attached hydrogen (secondary N) is 1. The topological polar surface area (TPSA) is 24.0 Å². The van der Waals surface area contributed by atoms with E-state index in [1.54, 1.807) is 0 Å². The van der Waals surface area contributed by atoms with Crippen molar-refractivity contribution in [2.45, 2.75) is 19.9 Å². The van der Waals surface area contributed by atoms with E-state index < -0.39 is 0 Å².